The van der Waals surface area contributed by atoms with Gasteiger partial charge < -0.3 is 10.0 Å². The highest BCUT2D eigenvalue weighted by atomic mass is 35.5. The van der Waals surface area contributed by atoms with Gasteiger partial charge in [0.1, 0.15) is 5.15 Å². The van der Waals surface area contributed by atoms with Crippen LogP contribution in [-0.2, 0) is 4.79 Å². The highest BCUT2D eigenvalue weighted by molar-refractivity contribution is 6.35. The molecule has 5 nitrogen and oxygen atoms in total. The van der Waals surface area contributed by atoms with Crippen LogP contribution < -0.4 is 0 Å². The van der Waals surface area contributed by atoms with Gasteiger partial charge in [-0.2, -0.15) is 0 Å². The number of amides is 1. The summed E-state index contributed by atoms with van der Waals surface area (Å²) in [6, 6.07) is 1.41. The Bertz CT molecular complexity index is 579. The third-order valence-corrected chi connectivity index (χ3v) is 4.38. The largest absolute Gasteiger partial charge is 0.481 e. The van der Waals surface area contributed by atoms with Crippen molar-refractivity contribution in [2.24, 2.45) is 5.41 Å². The summed E-state index contributed by atoms with van der Waals surface area (Å²) in [6.07, 6.45) is 3.09. The maximum absolute atomic E-state index is 12.5. The molecule has 2 rings (SSSR count). The van der Waals surface area contributed by atoms with E-state index in [1.807, 2.05) is 6.92 Å². The summed E-state index contributed by atoms with van der Waals surface area (Å²) < 4.78 is 0. The van der Waals surface area contributed by atoms with Gasteiger partial charge in [-0.3, -0.25) is 9.59 Å². The van der Waals surface area contributed by atoms with Crippen molar-refractivity contribution >= 4 is 35.1 Å². The Labute approximate surface area is 132 Å². The van der Waals surface area contributed by atoms with Crippen molar-refractivity contribution in [1.82, 2.24) is 9.88 Å². The summed E-state index contributed by atoms with van der Waals surface area (Å²) in [6.45, 7) is 2.54. The van der Waals surface area contributed by atoms with Gasteiger partial charge in [0.15, 0.2) is 0 Å². The molecule has 1 aromatic rings. The van der Waals surface area contributed by atoms with Crippen LogP contribution in [0.3, 0.4) is 0 Å². The normalized spacial score (nSPS) is 21.6. The molecule has 21 heavy (non-hydrogen) atoms. The first-order valence-electron chi connectivity index (χ1n) is 6.73. The zero-order chi connectivity index (χ0) is 15.6. The Morgan fingerprint density at radius 1 is 1.48 bits per heavy atom. The molecule has 114 valence electrons. The van der Waals surface area contributed by atoms with Crippen molar-refractivity contribution < 1.29 is 14.7 Å². The molecule has 0 aliphatic carbocycles. The fourth-order valence-electron chi connectivity index (χ4n) is 2.76. The van der Waals surface area contributed by atoms with Gasteiger partial charge in [0.2, 0.25) is 0 Å². The number of rotatable bonds is 4. The monoisotopic (exact) mass is 330 g/mol. The standard InChI is InChI=1S/C14H16Cl2N2O3/c1-2-3-14(13(20)21)4-5-18(8-14)12(19)9-6-11(16)17-7-10(9)15/h6-7H,2-5,8H2,1H3,(H,20,21). The zero-order valence-corrected chi connectivity index (χ0v) is 13.1. The minimum atomic E-state index is -0.853. The van der Waals surface area contributed by atoms with Crippen LogP contribution in [0.25, 0.3) is 0 Å². The molecule has 0 bridgehead atoms. The van der Waals surface area contributed by atoms with Crippen molar-refractivity contribution in [2.75, 3.05) is 13.1 Å². The lowest BCUT2D eigenvalue weighted by atomic mass is 9.83. The minimum absolute atomic E-state index is 0.181. The Kier molecular flexibility index (Phi) is 4.74. The number of carbonyl (C=O) groups excluding carboxylic acids is 1. The van der Waals surface area contributed by atoms with E-state index in [4.69, 9.17) is 23.2 Å². The molecule has 1 aliphatic rings. The van der Waals surface area contributed by atoms with Crippen LogP contribution in [0.15, 0.2) is 12.3 Å². The lowest BCUT2D eigenvalue weighted by molar-refractivity contribution is -0.148. The van der Waals surface area contributed by atoms with Crippen LogP contribution >= 0.6 is 23.2 Å². The number of aliphatic carboxylic acids is 1. The molecule has 0 aromatic carbocycles. The smallest absolute Gasteiger partial charge is 0.311 e. The molecule has 1 aromatic heterocycles. The third kappa shape index (κ3) is 3.14. The second-order valence-corrected chi connectivity index (χ2v) is 6.09. The van der Waals surface area contributed by atoms with Gasteiger partial charge in [-0.15, -0.1) is 0 Å². The molecule has 7 heteroatoms. The van der Waals surface area contributed by atoms with Crippen molar-refractivity contribution in [3.05, 3.63) is 28.0 Å². The van der Waals surface area contributed by atoms with E-state index in [1.54, 1.807) is 0 Å². The van der Waals surface area contributed by atoms with Crippen molar-refractivity contribution in [3.63, 3.8) is 0 Å². The van der Waals surface area contributed by atoms with E-state index < -0.39 is 11.4 Å². The van der Waals surface area contributed by atoms with Crippen LogP contribution in [0.1, 0.15) is 36.5 Å². The van der Waals surface area contributed by atoms with Crippen molar-refractivity contribution in [1.29, 1.82) is 0 Å². The van der Waals surface area contributed by atoms with Crippen LogP contribution in [0.4, 0.5) is 0 Å². The zero-order valence-electron chi connectivity index (χ0n) is 11.6. The average molecular weight is 331 g/mol. The topological polar surface area (TPSA) is 70.5 Å². The Balaban J connectivity index is 2.22. The van der Waals surface area contributed by atoms with Gasteiger partial charge in [-0.05, 0) is 18.9 Å². The van der Waals surface area contributed by atoms with Crippen molar-refractivity contribution in [3.8, 4) is 0 Å². The molecular weight excluding hydrogens is 315 g/mol. The molecule has 1 fully saturated rings. The summed E-state index contributed by atoms with van der Waals surface area (Å²) in [4.78, 5) is 29.4. The molecule has 2 heterocycles. The summed E-state index contributed by atoms with van der Waals surface area (Å²) >= 11 is 11.8. The molecule has 1 N–H and O–H groups in total. The van der Waals surface area contributed by atoms with Gasteiger partial charge in [0.25, 0.3) is 5.91 Å². The molecule has 0 saturated carbocycles. The van der Waals surface area contributed by atoms with Gasteiger partial charge >= 0.3 is 5.97 Å². The maximum atomic E-state index is 12.5. The van der Waals surface area contributed by atoms with Crippen LogP contribution in [0.5, 0.6) is 0 Å². The Morgan fingerprint density at radius 3 is 2.81 bits per heavy atom. The van der Waals surface area contributed by atoms with E-state index in [2.05, 4.69) is 4.98 Å². The highest BCUT2D eigenvalue weighted by Crippen LogP contribution is 2.36. The van der Waals surface area contributed by atoms with Crippen LogP contribution in [0, 0.1) is 5.41 Å². The summed E-state index contributed by atoms with van der Waals surface area (Å²) in [5.74, 6) is -1.15. The molecule has 1 saturated heterocycles. The first-order chi connectivity index (χ1) is 9.89. The molecule has 0 spiro atoms. The Morgan fingerprint density at radius 2 is 2.19 bits per heavy atom. The SMILES string of the molecule is CCCC1(C(=O)O)CCN(C(=O)c2cc(Cl)ncc2Cl)C1. The molecule has 1 amide bonds. The molecule has 1 atom stereocenters. The van der Waals surface area contributed by atoms with Gasteiger partial charge in [-0.25, -0.2) is 4.98 Å². The van der Waals surface area contributed by atoms with E-state index in [-0.39, 0.29) is 28.2 Å². The number of likely N-dealkylation sites (tertiary alicyclic amines) is 1. The van der Waals surface area contributed by atoms with Crippen LogP contribution in [0.2, 0.25) is 10.2 Å². The third-order valence-electron chi connectivity index (χ3n) is 3.88. The summed E-state index contributed by atoms with van der Waals surface area (Å²) in [5, 5.41) is 9.86. The van der Waals surface area contributed by atoms with Crippen LogP contribution in [-0.4, -0.2) is 40.0 Å². The van der Waals surface area contributed by atoms with E-state index in [0.717, 1.165) is 6.42 Å². The lowest BCUT2D eigenvalue weighted by Crippen LogP contribution is -2.37. The number of hydrogen-bond donors (Lipinski definition) is 1. The number of aromatic nitrogens is 1. The lowest BCUT2D eigenvalue weighted by Gasteiger charge is -2.24. The average Bonchev–Trinajstić information content (AvgIpc) is 2.87. The van der Waals surface area contributed by atoms with Crippen molar-refractivity contribution in [2.45, 2.75) is 26.2 Å². The number of carboxylic acids is 1. The highest BCUT2D eigenvalue weighted by Gasteiger charge is 2.45. The molecule has 0 radical (unpaired) electrons. The number of nitrogens with zero attached hydrogens (tertiary/aromatic N) is 2. The quantitative estimate of drug-likeness (QED) is 0.861. The first-order valence-corrected chi connectivity index (χ1v) is 7.49. The fourth-order valence-corrected chi connectivity index (χ4v) is 3.10. The van der Waals surface area contributed by atoms with Gasteiger partial charge in [0.05, 0.1) is 16.0 Å². The van der Waals surface area contributed by atoms with Gasteiger partial charge in [-0.1, -0.05) is 36.5 Å². The maximum Gasteiger partial charge on any atom is 0.311 e. The minimum Gasteiger partial charge on any atom is -0.481 e. The molecule has 1 unspecified atom stereocenters. The van der Waals surface area contributed by atoms with E-state index in [9.17, 15) is 14.7 Å². The number of hydrogen-bond acceptors (Lipinski definition) is 3. The second kappa shape index (κ2) is 6.20. The van der Waals surface area contributed by atoms with E-state index in [1.165, 1.54) is 17.2 Å². The number of carbonyl (C=O) groups is 2. The first kappa shape index (κ1) is 16.0. The van der Waals surface area contributed by atoms with E-state index in [0.29, 0.717) is 19.4 Å². The predicted octanol–water partition coefficient (Wildman–Crippen LogP) is 3.11. The predicted molar refractivity (Wildman–Crippen MR) is 79.8 cm³/mol. The number of carboxylic acid groups (broad SMARTS) is 1. The summed E-state index contributed by atoms with van der Waals surface area (Å²) in [7, 11) is 0. The van der Waals surface area contributed by atoms with Gasteiger partial charge in [0, 0.05) is 19.3 Å². The fraction of sp³-hybridized carbons (Fsp3) is 0.500. The number of halogens is 2. The second-order valence-electron chi connectivity index (χ2n) is 5.30. The number of pyridine rings is 1. The van der Waals surface area contributed by atoms with E-state index >= 15 is 0 Å². The molecular formula is C14H16Cl2N2O3. The summed E-state index contributed by atoms with van der Waals surface area (Å²) in [5.41, 5.74) is -0.595. The molecule has 1 aliphatic heterocycles. The Hall–Kier alpha value is -1.33.